The smallest absolute Gasteiger partial charge is 0.281 e. The maximum Gasteiger partial charge on any atom is 0.281 e. The van der Waals surface area contributed by atoms with Gasteiger partial charge in [-0.05, 0) is 35.9 Å². The number of nitrogens with two attached hydrogens (primary N) is 1. The lowest BCUT2D eigenvalue weighted by molar-refractivity contribution is 0.429. The van der Waals surface area contributed by atoms with Gasteiger partial charge < -0.3 is 10.2 Å². The van der Waals surface area contributed by atoms with Crippen LogP contribution in [0.2, 0.25) is 0 Å². The van der Waals surface area contributed by atoms with Crippen LogP contribution in [0, 0.1) is 6.92 Å². The van der Waals surface area contributed by atoms with Gasteiger partial charge in [-0.2, -0.15) is 0 Å². The molecule has 0 bridgehead atoms. The molecule has 0 radical (unpaired) electrons. The second-order valence-corrected chi connectivity index (χ2v) is 4.80. The fourth-order valence-corrected chi connectivity index (χ4v) is 2.16. The van der Waals surface area contributed by atoms with Crippen LogP contribution in [0.1, 0.15) is 30.8 Å². The highest BCUT2D eigenvalue weighted by atomic mass is 32.2. The minimum atomic E-state index is 0.111. The largest absolute Gasteiger partial charge is 0.416 e. The molecule has 2 N–H and O–H groups in total. The van der Waals surface area contributed by atoms with Gasteiger partial charge in [-0.1, -0.05) is 19.1 Å². The lowest BCUT2D eigenvalue weighted by Gasteiger charge is -2.08. The first-order valence-electron chi connectivity index (χ1n) is 5.52. The van der Waals surface area contributed by atoms with E-state index in [0.717, 1.165) is 16.9 Å². The Labute approximate surface area is 105 Å². The molecule has 0 fully saturated rings. The summed E-state index contributed by atoms with van der Waals surface area (Å²) < 4.78 is 5.30. The van der Waals surface area contributed by atoms with Gasteiger partial charge >= 0.3 is 0 Å². The molecule has 4 nitrogen and oxygen atoms in total. The van der Waals surface area contributed by atoms with E-state index in [1.165, 1.54) is 11.8 Å². The Hall–Kier alpha value is -1.33. The Kier molecular flexibility index (Phi) is 3.81. The first-order valence-corrected chi connectivity index (χ1v) is 6.34. The Morgan fingerprint density at radius 3 is 2.53 bits per heavy atom. The molecule has 2 rings (SSSR count). The van der Waals surface area contributed by atoms with E-state index in [-0.39, 0.29) is 6.04 Å². The Balaban J connectivity index is 2.08. The van der Waals surface area contributed by atoms with Crippen LogP contribution in [0.15, 0.2) is 38.8 Å². The molecule has 5 heteroatoms. The van der Waals surface area contributed by atoms with E-state index in [4.69, 9.17) is 10.2 Å². The summed E-state index contributed by atoms with van der Waals surface area (Å²) >= 11 is 1.46. The van der Waals surface area contributed by atoms with Crippen molar-refractivity contribution in [3.8, 4) is 0 Å². The Morgan fingerprint density at radius 2 is 2.00 bits per heavy atom. The van der Waals surface area contributed by atoms with Crippen LogP contribution in [0.5, 0.6) is 0 Å². The van der Waals surface area contributed by atoms with Crippen LogP contribution in [0.3, 0.4) is 0 Å². The highest BCUT2D eigenvalue weighted by Crippen LogP contribution is 2.27. The molecule has 0 spiro atoms. The average Bonchev–Trinajstić information content (AvgIpc) is 2.75. The molecular formula is C12H15N3OS. The van der Waals surface area contributed by atoms with Gasteiger partial charge in [0.1, 0.15) is 0 Å². The van der Waals surface area contributed by atoms with E-state index in [0.29, 0.717) is 11.1 Å². The molecule has 1 unspecified atom stereocenters. The third-order valence-corrected chi connectivity index (χ3v) is 3.31. The number of aryl methyl sites for hydroxylation is 1. The highest BCUT2D eigenvalue weighted by molar-refractivity contribution is 7.99. The molecular weight excluding hydrogens is 234 g/mol. The summed E-state index contributed by atoms with van der Waals surface area (Å²) in [4.78, 5) is 1.07. The molecule has 90 valence electrons. The maximum atomic E-state index is 5.95. The number of nitrogens with zero attached hydrogens (tertiary/aromatic N) is 2. The van der Waals surface area contributed by atoms with E-state index in [9.17, 15) is 0 Å². The number of benzene rings is 1. The van der Waals surface area contributed by atoms with Gasteiger partial charge in [-0.3, -0.25) is 0 Å². The number of rotatable bonds is 4. The van der Waals surface area contributed by atoms with Gasteiger partial charge in [-0.25, -0.2) is 0 Å². The fraction of sp³-hybridized carbons (Fsp3) is 0.333. The second-order valence-electron chi connectivity index (χ2n) is 3.77. The highest BCUT2D eigenvalue weighted by Gasteiger charge is 2.06. The minimum absolute atomic E-state index is 0.111. The first kappa shape index (κ1) is 12.1. The molecule has 1 aromatic carbocycles. The molecule has 0 aliphatic carbocycles. The van der Waals surface area contributed by atoms with E-state index in [1.54, 1.807) is 6.92 Å². The van der Waals surface area contributed by atoms with E-state index in [1.807, 2.05) is 24.3 Å². The number of hydrogen-bond donors (Lipinski definition) is 1. The second kappa shape index (κ2) is 5.33. The molecule has 1 aromatic heterocycles. The third-order valence-electron chi connectivity index (χ3n) is 2.46. The fourth-order valence-electron chi connectivity index (χ4n) is 1.44. The molecule has 0 aliphatic rings. The lowest BCUT2D eigenvalue weighted by Crippen LogP contribution is -2.07. The molecule has 0 amide bonds. The quantitative estimate of drug-likeness (QED) is 0.902. The van der Waals surface area contributed by atoms with Crippen molar-refractivity contribution >= 4 is 11.8 Å². The predicted molar refractivity (Wildman–Crippen MR) is 66.8 cm³/mol. The minimum Gasteiger partial charge on any atom is -0.416 e. The normalized spacial score (nSPS) is 12.6. The van der Waals surface area contributed by atoms with Crippen molar-refractivity contribution in [2.75, 3.05) is 0 Å². The van der Waals surface area contributed by atoms with Gasteiger partial charge in [0.05, 0.1) is 0 Å². The zero-order valence-corrected chi connectivity index (χ0v) is 10.7. The van der Waals surface area contributed by atoms with Gasteiger partial charge in [0.15, 0.2) is 0 Å². The number of hydrogen-bond acceptors (Lipinski definition) is 5. The molecule has 1 atom stereocenters. The summed E-state index contributed by atoms with van der Waals surface area (Å²) in [5.74, 6) is 0.581. The monoisotopic (exact) mass is 249 g/mol. The van der Waals surface area contributed by atoms with Crippen molar-refractivity contribution in [3.05, 3.63) is 35.7 Å². The predicted octanol–water partition coefficient (Wildman–Crippen LogP) is 2.94. The van der Waals surface area contributed by atoms with Crippen molar-refractivity contribution in [2.45, 2.75) is 36.4 Å². The summed E-state index contributed by atoms with van der Waals surface area (Å²) in [6.07, 6.45) is 0.940. The molecule has 0 aliphatic heterocycles. The van der Waals surface area contributed by atoms with Crippen LogP contribution in [-0.2, 0) is 0 Å². The average molecular weight is 249 g/mol. The summed E-state index contributed by atoms with van der Waals surface area (Å²) in [5.41, 5.74) is 7.10. The summed E-state index contributed by atoms with van der Waals surface area (Å²) in [5, 5.41) is 8.29. The number of aromatic nitrogens is 2. The van der Waals surface area contributed by atoms with Crippen molar-refractivity contribution in [1.29, 1.82) is 0 Å². The van der Waals surface area contributed by atoms with Crippen LogP contribution >= 0.6 is 11.8 Å². The summed E-state index contributed by atoms with van der Waals surface area (Å²) in [7, 11) is 0. The van der Waals surface area contributed by atoms with Crippen molar-refractivity contribution in [3.63, 3.8) is 0 Å². The Bertz CT molecular complexity index is 481. The Morgan fingerprint density at radius 1 is 1.29 bits per heavy atom. The van der Waals surface area contributed by atoms with Crippen molar-refractivity contribution < 1.29 is 4.42 Å². The zero-order valence-electron chi connectivity index (χ0n) is 9.88. The van der Waals surface area contributed by atoms with Crippen LogP contribution < -0.4 is 5.73 Å². The molecule has 0 saturated carbocycles. The third kappa shape index (κ3) is 3.08. The molecule has 1 heterocycles. The lowest BCUT2D eigenvalue weighted by atomic mass is 10.1. The van der Waals surface area contributed by atoms with Crippen LogP contribution in [0.25, 0.3) is 0 Å². The van der Waals surface area contributed by atoms with E-state index >= 15 is 0 Å². The van der Waals surface area contributed by atoms with Gasteiger partial charge in [-0.15, -0.1) is 10.2 Å². The van der Waals surface area contributed by atoms with E-state index in [2.05, 4.69) is 17.1 Å². The molecule has 2 aromatic rings. The summed E-state index contributed by atoms with van der Waals surface area (Å²) in [6, 6.07) is 8.24. The van der Waals surface area contributed by atoms with Crippen LogP contribution in [0.4, 0.5) is 0 Å². The van der Waals surface area contributed by atoms with Crippen molar-refractivity contribution in [2.24, 2.45) is 5.73 Å². The standard InChI is InChI=1S/C12H15N3OS/c1-3-11(13)9-4-6-10(7-5-9)17-12-15-14-8(2)16-12/h4-7,11H,3,13H2,1-2H3. The van der Waals surface area contributed by atoms with Gasteiger partial charge in [0.2, 0.25) is 5.89 Å². The molecule has 0 saturated heterocycles. The first-order chi connectivity index (χ1) is 8.19. The maximum absolute atomic E-state index is 5.95. The van der Waals surface area contributed by atoms with Crippen molar-refractivity contribution in [1.82, 2.24) is 10.2 Å². The topological polar surface area (TPSA) is 64.9 Å². The molecule has 17 heavy (non-hydrogen) atoms. The van der Waals surface area contributed by atoms with Crippen LogP contribution in [-0.4, -0.2) is 10.2 Å². The SMILES string of the molecule is CCC(N)c1ccc(Sc2nnc(C)o2)cc1. The van der Waals surface area contributed by atoms with E-state index < -0.39 is 0 Å². The van der Waals surface area contributed by atoms with Gasteiger partial charge in [0.25, 0.3) is 5.22 Å². The summed E-state index contributed by atoms with van der Waals surface area (Å²) in [6.45, 7) is 3.86. The van der Waals surface area contributed by atoms with Gasteiger partial charge in [0, 0.05) is 17.9 Å². The zero-order chi connectivity index (χ0) is 12.3.